The third-order valence-electron chi connectivity index (χ3n) is 5.03. The summed E-state index contributed by atoms with van der Waals surface area (Å²) in [5.41, 5.74) is 7.45. The zero-order valence-corrected chi connectivity index (χ0v) is 18.2. The van der Waals surface area contributed by atoms with E-state index in [1.807, 2.05) is 0 Å². The van der Waals surface area contributed by atoms with E-state index in [0.717, 1.165) is 0 Å². The van der Waals surface area contributed by atoms with Crippen molar-refractivity contribution < 1.29 is 29.7 Å². The number of benzene rings is 3. The van der Waals surface area contributed by atoms with Gasteiger partial charge in [0.1, 0.15) is 17.9 Å². The number of nitrogens with zero attached hydrogens (tertiary/aromatic N) is 2. The van der Waals surface area contributed by atoms with E-state index in [2.05, 4.69) is 113 Å². The van der Waals surface area contributed by atoms with E-state index in [9.17, 15) is 25.2 Å². The molecule has 0 N–H and O–H groups in total. The van der Waals surface area contributed by atoms with Gasteiger partial charge in [0.05, 0.1) is 12.6 Å². The van der Waals surface area contributed by atoms with Crippen molar-refractivity contribution in [3.05, 3.63) is 97.3 Å². The van der Waals surface area contributed by atoms with Gasteiger partial charge in [-0.3, -0.25) is 0 Å². The maximum atomic E-state index is 9.87. The van der Waals surface area contributed by atoms with Crippen molar-refractivity contribution in [2.45, 2.75) is 0 Å². The number of imidazole rings is 1. The first-order valence-corrected chi connectivity index (χ1v) is 11.9. The van der Waals surface area contributed by atoms with Gasteiger partial charge in [0.15, 0.2) is 0 Å². The van der Waals surface area contributed by atoms with Gasteiger partial charge in [0, 0.05) is 10.9 Å². The molecule has 0 bridgehead atoms. The summed E-state index contributed by atoms with van der Waals surface area (Å²) < 4.78 is 63.7. The summed E-state index contributed by atoms with van der Waals surface area (Å²) in [7, 11) is -8.54. The van der Waals surface area contributed by atoms with Crippen molar-refractivity contribution in [3.63, 3.8) is 0 Å². The number of aromatic nitrogens is 2. The molecule has 9 heteroatoms. The number of halogens is 6. The molecule has 0 atom stereocenters. The maximum absolute atomic E-state index is 10.7. The standard InChI is InChI=1S/C24H19N2.F6P/c1-25-16-17-26-21-15-9-8-14-20(21)22(18-10-4-2-5-11-18)23(24(25)26)19-12-6-3-7-13-19;1-7(2,3,4,5)6/h2-17H,1H3;/q+1;-1. The molecule has 5 aromatic rings. The quantitative estimate of drug-likeness (QED) is 0.136. The van der Waals surface area contributed by atoms with Gasteiger partial charge in [-0.1, -0.05) is 78.9 Å². The van der Waals surface area contributed by atoms with Crippen LogP contribution in [0.3, 0.4) is 0 Å². The van der Waals surface area contributed by atoms with Crippen LogP contribution in [0.15, 0.2) is 97.3 Å². The predicted molar refractivity (Wildman–Crippen MR) is 121 cm³/mol. The zero-order chi connectivity index (χ0) is 23.9. The molecule has 0 fully saturated rings. The Bertz CT molecular complexity index is 1430. The molecule has 0 aliphatic rings. The number of hydrogen-bond donors (Lipinski definition) is 0. The monoisotopic (exact) mass is 480 g/mol. The normalized spacial score (nSPS) is 13.8. The molecule has 5 rings (SSSR count). The molecule has 33 heavy (non-hydrogen) atoms. The number of rotatable bonds is 2. The minimum atomic E-state index is -10.7. The van der Waals surface area contributed by atoms with Crippen molar-refractivity contribution in [2.75, 3.05) is 0 Å². The average Bonchev–Trinajstić information content (AvgIpc) is 3.13. The van der Waals surface area contributed by atoms with Crippen molar-refractivity contribution in [1.29, 1.82) is 0 Å². The topological polar surface area (TPSA) is 8.29 Å². The number of para-hydroxylation sites is 1. The molecule has 0 radical (unpaired) electrons. The van der Waals surface area contributed by atoms with Crippen molar-refractivity contribution in [2.24, 2.45) is 7.05 Å². The van der Waals surface area contributed by atoms with Crippen LogP contribution in [0, 0.1) is 0 Å². The van der Waals surface area contributed by atoms with Gasteiger partial charge in [-0.15, -0.1) is 0 Å². The van der Waals surface area contributed by atoms with Crippen LogP contribution in [0.2, 0.25) is 0 Å². The van der Waals surface area contributed by atoms with Crippen LogP contribution in [0.5, 0.6) is 0 Å². The van der Waals surface area contributed by atoms with Gasteiger partial charge in [-0.05, 0) is 17.2 Å². The minimum absolute atomic E-state index is 1.20. The summed E-state index contributed by atoms with van der Waals surface area (Å²) in [6.45, 7) is 0. The summed E-state index contributed by atoms with van der Waals surface area (Å²) in [4.78, 5) is 0. The van der Waals surface area contributed by atoms with Gasteiger partial charge < -0.3 is 0 Å². The van der Waals surface area contributed by atoms with Crippen LogP contribution in [-0.2, 0) is 7.05 Å². The molecule has 0 saturated heterocycles. The van der Waals surface area contributed by atoms with Crippen LogP contribution in [0.1, 0.15) is 0 Å². The van der Waals surface area contributed by atoms with Crippen molar-refractivity contribution >= 4 is 24.4 Å². The summed E-state index contributed by atoms with van der Waals surface area (Å²) in [6, 6.07) is 30.0. The molecule has 0 unspecified atom stereocenters. The van der Waals surface area contributed by atoms with Crippen LogP contribution in [0.4, 0.5) is 25.2 Å². The Hall–Kier alpha value is -3.38. The molecule has 0 aliphatic heterocycles. The van der Waals surface area contributed by atoms with E-state index in [4.69, 9.17) is 0 Å². The summed E-state index contributed by atoms with van der Waals surface area (Å²) in [6.07, 6.45) is 4.28. The second-order valence-corrected chi connectivity index (χ2v) is 9.48. The van der Waals surface area contributed by atoms with Gasteiger partial charge >= 0.3 is 33.0 Å². The first kappa shape index (κ1) is 22.8. The van der Waals surface area contributed by atoms with Crippen molar-refractivity contribution in [3.8, 4) is 22.3 Å². The Kier molecular flexibility index (Phi) is 5.06. The predicted octanol–water partition coefficient (Wildman–Crippen LogP) is 8.63. The van der Waals surface area contributed by atoms with Gasteiger partial charge in [-0.2, -0.15) is 4.40 Å². The second kappa shape index (κ2) is 7.32. The van der Waals surface area contributed by atoms with E-state index in [0.29, 0.717) is 0 Å². The summed E-state index contributed by atoms with van der Waals surface area (Å²) in [5, 5.41) is 1.27. The molecule has 0 saturated carbocycles. The average molecular weight is 480 g/mol. The Morgan fingerprint density at radius 2 is 1.09 bits per heavy atom. The molecular weight excluding hydrogens is 461 g/mol. The number of hydrogen-bond acceptors (Lipinski definition) is 0. The Balaban J connectivity index is 0.000000325. The molecule has 172 valence electrons. The Morgan fingerprint density at radius 1 is 0.636 bits per heavy atom. The van der Waals surface area contributed by atoms with Crippen LogP contribution >= 0.6 is 7.81 Å². The molecular formula is C24H19F6N2P. The van der Waals surface area contributed by atoms with E-state index < -0.39 is 7.81 Å². The SMILES string of the molecule is C[n+]1ccn2c3ccccc3c(-c3ccccc3)c(-c3ccccc3)c21.F[P-](F)(F)(F)(F)F. The van der Waals surface area contributed by atoms with Crippen LogP contribution in [0.25, 0.3) is 38.8 Å². The van der Waals surface area contributed by atoms with E-state index in [1.54, 1.807) is 0 Å². The zero-order valence-electron chi connectivity index (χ0n) is 17.3. The third-order valence-corrected chi connectivity index (χ3v) is 5.03. The van der Waals surface area contributed by atoms with E-state index in [-0.39, 0.29) is 0 Å². The Labute approximate surface area is 185 Å². The van der Waals surface area contributed by atoms with Gasteiger partial charge in [-0.25, -0.2) is 4.57 Å². The Morgan fingerprint density at radius 3 is 1.64 bits per heavy atom. The van der Waals surface area contributed by atoms with E-state index >= 15 is 0 Å². The molecule has 0 aliphatic carbocycles. The fraction of sp³-hybridized carbons (Fsp3) is 0.0417. The number of fused-ring (bicyclic) bond motifs is 3. The van der Waals surface area contributed by atoms with Crippen molar-refractivity contribution in [1.82, 2.24) is 4.40 Å². The first-order valence-electron chi connectivity index (χ1n) is 9.88. The molecule has 0 amide bonds. The first-order chi connectivity index (χ1) is 15.3. The fourth-order valence-corrected chi connectivity index (χ4v) is 3.89. The van der Waals surface area contributed by atoms with Crippen LogP contribution in [-0.4, -0.2) is 4.40 Å². The van der Waals surface area contributed by atoms with Gasteiger partial charge in [0.2, 0.25) is 0 Å². The van der Waals surface area contributed by atoms with Gasteiger partial charge in [0.25, 0.3) is 5.65 Å². The van der Waals surface area contributed by atoms with Crippen LogP contribution < -0.4 is 4.57 Å². The van der Waals surface area contributed by atoms with E-state index in [1.165, 1.54) is 38.8 Å². The fourth-order valence-electron chi connectivity index (χ4n) is 3.89. The number of aryl methyl sites for hydroxylation is 1. The summed E-state index contributed by atoms with van der Waals surface area (Å²) in [5.74, 6) is 0. The molecule has 2 aromatic heterocycles. The number of pyridine rings is 1. The molecule has 0 spiro atoms. The third kappa shape index (κ3) is 5.52. The summed E-state index contributed by atoms with van der Waals surface area (Å²) >= 11 is 0. The molecule has 2 heterocycles. The molecule has 2 nitrogen and oxygen atoms in total. The second-order valence-electron chi connectivity index (χ2n) is 7.56. The molecule has 3 aromatic carbocycles.